The van der Waals surface area contributed by atoms with Crippen molar-refractivity contribution in [2.75, 3.05) is 14.1 Å². The molecule has 1 heterocycles. The molecule has 0 spiro atoms. The monoisotopic (exact) mass is 626 g/mol. The molecule has 0 aliphatic rings. The van der Waals surface area contributed by atoms with E-state index >= 15 is 0 Å². The number of nitrogens with zero attached hydrogens (tertiary/aromatic N) is 3. The Kier molecular flexibility index (Phi) is 13.0. The smallest absolute Gasteiger partial charge is 0.248 e. The second-order valence-corrected chi connectivity index (χ2v) is 10.4. The van der Waals surface area contributed by atoms with Crippen molar-refractivity contribution in [3.05, 3.63) is 63.6 Å². The van der Waals surface area contributed by atoms with Gasteiger partial charge in [-0.05, 0) is 31.7 Å². The fourth-order valence-electron chi connectivity index (χ4n) is 3.57. The van der Waals surface area contributed by atoms with Gasteiger partial charge in [0.1, 0.15) is 34.1 Å². The molecule has 0 aliphatic carbocycles. The van der Waals surface area contributed by atoms with Crippen LogP contribution in [-0.2, 0) is 14.4 Å². The van der Waals surface area contributed by atoms with Crippen molar-refractivity contribution in [3.8, 4) is 11.3 Å². The Morgan fingerprint density at radius 3 is 2.42 bits per heavy atom. The van der Waals surface area contributed by atoms with E-state index < -0.39 is 18.2 Å². The number of thiocarbonyl (C=S) groups is 2. The predicted molar refractivity (Wildman–Crippen MR) is 164 cm³/mol. The van der Waals surface area contributed by atoms with Crippen LogP contribution in [0.5, 0.6) is 0 Å². The second kappa shape index (κ2) is 15.7. The zero-order chi connectivity index (χ0) is 30.0. The van der Waals surface area contributed by atoms with Gasteiger partial charge in [-0.1, -0.05) is 90.9 Å². The number of benzene rings is 1. The van der Waals surface area contributed by atoms with Crippen LogP contribution in [0.3, 0.4) is 0 Å². The molecule has 0 saturated heterocycles. The number of carbonyl (C=O) groups is 2. The summed E-state index contributed by atoms with van der Waals surface area (Å²) < 4.78 is 5.11. The van der Waals surface area contributed by atoms with Gasteiger partial charge in [0.25, 0.3) is 0 Å². The number of carbonyl (C=O) groups excluding carboxylic acids is 2. The van der Waals surface area contributed by atoms with Crippen LogP contribution >= 0.6 is 47.6 Å². The minimum absolute atomic E-state index is 0.0576. The molecule has 2 aromatic rings. The SMILES string of the molecule is CC/C=C(/Cl)C(C)C/C(C(=S)N(C)NC(=O)CC(=O)NN(C)C(=S)c1conc1-c1ccccc1Cl)=C(/C)ON. The fraction of sp³-hybridized carbons (Fsp3) is 0.346. The first-order valence-electron chi connectivity index (χ1n) is 12.2. The summed E-state index contributed by atoms with van der Waals surface area (Å²) in [5.74, 6) is 4.50. The molecule has 216 valence electrons. The molecular weight excluding hydrogens is 595 g/mol. The van der Waals surface area contributed by atoms with Gasteiger partial charge < -0.3 is 9.36 Å². The number of likely N-dealkylation sites (N-methyl/N-ethyl adjacent to an activating group) is 1. The highest BCUT2D eigenvalue weighted by molar-refractivity contribution is 7.81. The number of hydrazine groups is 2. The van der Waals surface area contributed by atoms with E-state index in [4.69, 9.17) is 62.9 Å². The van der Waals surface area contributed by atoms with Gasteiger partial charge >= 0.3 is 0 Å². The zero-order valence-electron chi connectivity index (χ0n) is 22.8. The van der Waals surface area contributed by atoms with E-state index in [1.54, 1.807) is 38.2 Å². The minimum atomic E-state index is -0.611. The molecule has 1 atom stereocenters. The van der Waals surface area contributed by atoms with Gasteiger partial charge in [0.05, 0.1) is 10.6 Å². The highest BCUT2D eigenvalue weighted by Crippen LogP contribution is 2.30. The number of hydrogen-bond acceptors (Lipinski definition) is 8. The Bertz CT molecular complexity index is 1310. The van der Waals surface area contributed by atoms with Crippen LogP contribution in [0, 0.1) is 5.92 Å². The molecule has 40 heavy (non-hydrogen) atoms. The Hall–Kier alpha value is -3.03. The average molecular weight is 628 g/mol. The van der Waals surface area contributed by atoms with Crippen molar-refractivity contribution in [2.45, 2.75) is 40.0 Å². The van der Waals surface area contributed by atoms with Crippen LogP contribution < -0.4 is 16.7 Å². The number of hydrogen-bond donors (Lipinski definition) is 3. The Morgan fingerprint density at radius 2 is 1.82 bits per heavy atom. The van der Waals surface area contributed by atoms with Gasteiger partial charge in [-0.15, -0.1) is 0 Å². The summed E-state index contributed by atoms with van der Waals surface area (Å²) in [5.41, 5.74) is 7.23. The lowest BCUT2D eigenvalue weighted by Crippen LogP contribution is -2.47. The minimum Gasteiger partial charge on any atom is -0.416 e. The third-order valence-corrected chi connectivity index (χ3v) is 7.55. The molecule has 14 heteroatoms. The molecule has 0 bridgehead atoms. The summed E-state index contributed by atoms with van der Waals surface area (Å²) in [7, 11) is 3.09. The normalized spacial score (nSPS) is 12.7. The van der Waals surface area contributed by atoms with Crippen LogP contribution in [0.1, 0.15) is 45.6 Å². The number of allylic oxidation sites excluding steroid dienone is 3. The standard InChI is InChI=1S/C26H32Cl2N6O4S2/c1-6-9-20(27)15(2)12-18(16(3)38-29)25(39)33(4)30-22(35)13-23(36)31-34(5)26(40)19-14-37-32-24(19)17-10-7-8-11-21(17)28/h7-11,14-15H,6,12-13,29H2,1-5H3,(H,30,35)(H,31,36)/b18-16+,20-9+. The number of nitrogens with two attached hydrogens (primary N) is 1. The van der Waals surface area contributed by atoms with Crippen molar-refractivity contribution in [1.29, 1.82) is 0 Å². The largest absolute Gasteiger partial charge is 0.416 e. The van der Waals surface area contributed by atoms with Crippen molar-refractivity contribution < 1.29 is 18.9 Å². The quantitative estimate of drug-likeness (QED) is 0.109. The predicted octanol–water partition coefficient (Wildman–Crippen LogP) is 5.04. The van der Waals surface area contributed by atoms with Crippen LogP contribution in [0.15, 0.2) is 57.5 Å². The third-order valence-electron chi connectivity index (χ3n) is 5.68. The van der Waals surface area contributed by atoms with E-state index in [1.807, 2.05) is 19.9 Å². The zero-order valence-corrected chi connectivity index (χ0v) is 25.9. The molecular formula is C26H32Cl2N6O4S2. The van der Waals surface area contributed by atoms with E-state index in [0.29, 0.717) is 44.6 Å². The van der Waals surface area contributed by atoms with Gasteiger partial charge in [-0.2, -0.15) is 5.90 Å². The Morgan fingerprint density at radius 1 is 1.20 bits per heavy atom. The summed E-state index contributed by atoms with van der Waals surface area (Å²) in [5, 5.41) is 7.77. The summed E-state index contributed by atoms with van der Waals surface area (Å²) >= 11 is 23.7. The Labute approximate surface area is 254 Å². The lowest BCUT2D eigenvalue weighted by atomic mass is 9.99. The topological polar surface area (TPSA) is 126 Å². The number of rotatable bonds is 10. The van der Waals surface area contributed by atoms with E-state index in [9.17, 15) is 9.59 Å². The molecule has 1 aromatic heterocycles. The maximum atomic E-state index is 12.6. The second-order valence-electron chi connectivity index (χ2n) is 8.79. The number of aromatic nitrogens is 1. The van der Waals surface area contributed by atoms with E-state index in [0.717, 1.165) is 6.42 Å². The van der Waals surface area contributed by atoms with Crippen molar-refractivity contribution >= 4 is 69.4 Å². The molecule has 0 radical (unpaired) electrons. The lowest BCUT2D eigenvalue weighted by molar-refractivity contribution is -0.132. The maximum Gasteiger partial charge on any atom is 0.248 e. The highest BCUT2D eigenvalue weighted by atomic mass is 35.5. The average Bonchev–Trinajstić information content (AvgIpc) is 3.40. The highest BCUT2D eigenvalue weighted by Gasteiger charge is 2.23. The first-order chi connectivity index (χ1) is 18.9. The summed E-state index contributed by atoms with van der Waals surface area (Å²) in [6.45, 7) is 5.60. The molecule has 2 rings (SSSR count). The van der Waals surface area contributed by atoms with Crippen molar-refractivity contribution in [3.63, 3.8) is 0 Å². The first kappa shape index (κ1) is 33.2. The van der Waals surface area contributed by atoms with Crippen LogP contribution in [-0.4, -0.2) is 51.1 Å². The van der Waals surface area contributed by atoms with Gasteiger partial charge in [0.2, 0.25) is 11.8 Å². The number of halogens is 2. The van der Waals surface area contributed by atoms with Crippen LogP contribution in [0.25, 0.3) is 11.3 Å². The number of nitrogens with one attached hydrogen (secondary N) is 2. The van der Waals surface area contributed by atoms with Crippen LogP contribution in [0.4, 0.5) is 0 Å². The fourth-order valence-corrected chi connectivity index (χ4v) is 4.49. The summed E-state index contributed by atoms with van der Waals surface area (Å²) in [6, 6.07) is 7.08. The molecule has 0 saturated carbocycles. The van der Waals surface area contributed by atoms with Crippen LogP contribution in [0.2, 0.25) is 5.02 Å². The molecule has 0 fully saturated rings. The number of amides is 2. The van der Waals surface area contributed by atoms with E-state index in [-0.39, 0.29) is 15.9 Å². The molecule has 2 amide bonds. The first-order valence-corrected chi connectivity index (χ1v) is 13.7. The molecule has 10 nitrogen and oxygen atoms in total. The van der Waals surface area contributed by atoms with Gasteiger partial charge in [0.15, 0.2) is 0 Å². The molecule has 4 N–H and O–H groups in total. The molecule has 1 aromatic carbocycles. The Balaban J connectivity index is 2.01. The van der Waals surface area contributed by atoms with Crippen molar-refractivity contribution in [1.82, 2.24) is 26.0 Å². The third kappa shape index (κ3) is 9.00. The maximum absolute atomic E-state index is 12.6. The van der Waals surface area contributed by atoms with Gasteiger partial charge in [-0.3, -0.25) is 30.5 Å². The van der Waals surface area contributed by atoms with E-state index in [2.05, 4.69) is 16.0 Å². The molecule has 0 aliphatic heterocycles. The van der Waals surface area contributed by atoms with Gasteiger partial charge in [-0.25, -0.2) is 0 Å². The summed E-state index contributed by atoms with van der Waals surface area (Å²) in [4.78, 5) is 30.7. The van der Waals surface area contributed by atoms with Gasteiger partial charge in [0, 0.05) is 30.3 Å². The molecule has 1 unspecified atom stereocenters. The van der Waals surface area contributed by atoms with E-state index in [1.165, 1.54) is 23.3 Å². The van der Waals surface area contributed by atoms with Crippen molar-refractivity contribution in [2.24, 2.45) is 11.8 Å². The summed E-state index contributed by atoms with van der Waals surface area (Å²) in [6.07, 6.45) is 3.99. The lowest BCUT2D eigenvalue weighted by Gasteiger charge is -2.25.